The van der Waals surface area contributed by atoms with E-state index in [-0.39, 0.29) is 18.3 Å². The smallest absolute Gasteiger partial charge is 0.340 e. The molecule has 184 valence electrons. The Morgan fingerprint density at radius 2 is 1.78 bits per heavy atom. The topological polar surface area (TPSA) is 95.3 Å². The van der Waals surface area contributed by atoms with Crippen LogP contribution in [0, 0.1) is 6.92 Å². The van der Waals surface area contributed by atoms with Crippen LogP contribution in [0.2, 0.25) is 0 Å². The van der Waals surface area contributed by atoms with Crippen LogP contribution >= 0.6 is 11.8 Å². The second kappa shape index (κ2) is 11.5. The van der Waals surface area contributed by atoms with E-state index in [2.05, 4.69) is 15.5 Å². The summed E-state index contributed by atoms with van der Waals surface area (Å²) in [4.78, 5) is 25.0. The highest BCUT2D eigenvalue weighted by Crippen LogP contribution is 2.30. The van der Waals surface area contributed by atoms with Crippen LogP contribution in [0.1, 0.15) is 22.8 Å². The molecule has 36 heavy (non-hydrogen) atoms. The monoisotopic (exact) mass is 502 g/mol. The third-order valence-corrected chi connectivity index (χ3v) is 6.21. The highest BCUT2D eigenvalue weighted by Gasteiger charge is 2.19. The van der Waals surface area contributed by atoms with Gasteiger partial charge in [0.2, 0.25) is 5.91 Å². The van der Waals surface area contributed by atoms with E-state index in [0.717, 1.165) is 16.8 Å². The first-order valence-corrected chi connectivity index (χ1v) is 12.3. The zero-order chi connectivity index (χ0) is 25.5. The van der Waals surface area contributed by atoms with E-state index in [9.17, 15) is 9.59 Å². The van der Waals surface area contributed by atoms with Gasteiger partial charge in [-0.2, -0.15) is 0 Å². The van der Waals surface area contributed by atoms with Gasteiger partial charge in [-0.3, -0.25) is 9.36 Å². The lowest BCUT2D eigenvalue weighted by atomic mass is 10.2. The standard InChI is InChI=1S/C27H26N4O4S/c1-4-35-26(33)22-10-5-6-11-23(22)28-24(32)17-36-27-30-29-25(19-8-7-9-21(16-19)34-3)31(27)20-14-12-18(2)13-15-20/h5-16H,4,17H2,1-3H3,(H,28,32). The van der Waals surface area contributed by atoms with Gasteiger partial charge in [0, 0.05) is 11.3 Å². The summed E-state index contributed by atoms with van der Waals surface area (Å²) in [5.41, 5.74) is 3.55. The van der Waals surface area contributed by atoms with Crippen molar-refractivity contribution < 1.29 is 19.1 Å². The van der Waals surface area contributed by atoms with Crippen LogP contribution in [-0.2, 0) is 9.53 Å². The van der Waals surface area contributed by atoms with Crippen molar-refractivity contribution in [3.63, 3.8) is 0 Å². The van der Waals surface area contributed by atoms with Gasteiger partial charge in [-0.15, -0.1) is 10.2 Å². The quantitative estimate of drug-likeness (QED) is 0.250. The van der Waals surface area contributed by atoms with E-state index in [1.54, 1.807) is 38.3 Å². The molecule has 1 amide bonds. The number of aromatic nitrogens is 3. The minimum Gasteiger partial charge on any atom is -0.497 e. The first-order chi connectivity index (χ1) is 17.5. The molecule has 1 aromatic heterocycles. The van der Waals surface area contributed by atoms with Crippen molar-refractivity contribution in [3.05, 3.63) is 83.9 Å². The summed E-state index contributed by atoms with van der Waals surface area (Å²) in [6, 6.07) is 22.3. The maximum Gasteiger partial charge on any atom is 0.340 e. The number of nitrogens with one attached hydrogen (secondary N) is 1. The zero-order valence-corrected chi connectivity index (χ0v) is 21.0. The Kier molecular flexibility index (Phi) is 8.02. The lowest BCUT2D eigenvalue weighted by Crippen LogP contribution is -2.17. The molecule has 9 heteroatoms. The number of carbonyl (C=O) groups is 2. The normalized spacial score (nSPS) is 10.6. The van der Waals surface area contributed by atoms with Crippen molar-refractivity contribution in [2.45, 2.75) is 19.0 Å². The number of esters is 1. The Bertz CT molecular complexity index is 1370. The number of ether oxygens (including phenoxy) is 2. The number of para-hydroxylation sites is 1. The number of rotatable bonds is 9. The van der Waals surface area contributed by atoms with E-state index < -0.39 is 5.97 Å². The predicted octanol–water partition coefficient (Wildman–Crippen LogP) is 5.16. The van der Waals surface area contributed by atoms with Gasteiger partial charge in [0.1, 0.15) is 5.75 Å². The third kappa shape index (κ3) is 5.75. The highest BCUT2D eigenvalue weighted by atomic mass is 32.2. The zero-order valence-electron chi connectivity index (χ0n) is 20.2. The molecule has 0 bridgehead atoms. The Morgan fingerprint density at radius 3 is 2.53 bits per heavy atom. The number of hydrogen-bond acceptors (Lipinski definition) is 7. The Balaban J connectivity index is 1.59. The van der Waals surface area contributed by atoms with Gasteiger partial charge in [0.25, 0.3) is 0 Å². The van der Waals surface area contributed by atoms with E-state index >= 15 is 0 Å². The molecular formula is C27H26N4O4S. The fraction of sp³-hybridized carbons (Fsp3) is 0.185. The van der Waals surface area contributed by atoms with Crippen LogP contribution in [0.3, 0.4) is 0 Å². The average molecular weight is 503 g/mol. The summed E-state index contributed by atoms with van der Waals surface area (Å²) >= 11 is 1.25. The number of methoxy groups -OCH3 is 1. The minimum atomic E-state index is -0.483. The molecule has 3 aromatic carbocycles. The number of thioether (sulfide) groups is 1. The van der Waals surface area contributed by atoms with Crippen LogP contribution in [0.5, 0.6) is 5.75 Å². The van der Waals surface area contributed by atoms with E-state index in [1.807, 2.05) is 60.0 Å². The summed E-state index contributed by atoms with van der Waals surface area (Å²) in [6.07, 6.45) is 0. The van der Waals surface area contributed by atoms with E-state index in [1.165, 1.54) is 11.8 Å². The molecule has 0 unspecified atom stereocenters. The summed E-state index contributed by atoms with van der Waals surface area (Å²) in [5.74, 6) is 0.647. The largest absolute Gasteiger partial charge is 0.497 e. The maximum absolute atomic E-state index is 12.8. The molecule has 0 aliphatic carbocycles. The minimum absolute atomic E-state index is 0.0687. The SMILES string of the molecule is CCOC(=O)c1ccccc1NC(=O)CSc1nnc(-c2cccc(OC)c2)n1-c1ccc(C)cc1. The summed E-state index contributed by atoms with van der Waals surface area (Å²) in [7, 11) is 1.61. The maximum atomic E-state index is 12.8. The van der Waals surface area contributed by atoms with Gasteiger partial charge in [0.15, 0.2) is 11.0 Å². The summed E-state index contributed by atoms with van der Waals surface area (Å²) in [5, 5.41) is 12.2. The molecule has 0 aliphatic heterocycles. The molecule has 1 N–H and O–H groups in total. The van der Waals surface area contributed by atoms with Gasteiger partial charge in [-0.1, -0.05) is 53.7 Å². The molecule has 0 radical (unpaired) electrons. The molecule has 0 atom stereocenters. The van der Waals surface area contributed by atoms with Crippen LogP contribution in [0.4, 0.5) is 5.69 Å². The number of nitrogens with zero attached hydrogens (tertiary/aromatic N) is 3. The Hall–Kier alpha value is -4.11. The van der Waals surface area contributed by atoms with Crippen LogP contribution in [-0.4, -0.2) is 46.1 Å². The van der Waals surface area contributed by atoms with Crippen molar-refractivity contribution in [1.29, 1.82) is 0 Å². The first-order valence-electron chi connectivity index (χ1n) is 11.4. The predicted molar refractivity (Wildman–Crippen MR) is 140 cm³/mol. The van der Waals surface area contributed by atoms with Gasteiger partial charge in [-0.25, -0.2) is 4.79 Å². The lowest BCUT2D eigenvalue weighted by molar-refractivity contribution is -0.113. The van der Waals surface area contributed by atoms with Gasteiger partial charge in [-0.05, 0) is 50.2 Å². The molecule has 8 nitrogen and oxygen atoms in total. The van der Waals surface area contributed by atoms with Crippen molar-refractivity contribution in [3.8, 4) is 22.8 Å². The first kappa shape index (κ1) is 25.0. The van der Waals surface area contributed by atoms with E-state index in [4.69, 9.17) is 9.47 Å². The number of aryl methyl sites for hydroxylation is 1. The average Bonchev–Trinajstić information content (AvgIpc) is 3.32. The van der Waals surface area contributed by atoms with Crippen molar-refractivity contribution in [2.75, 3.05) is 24.8 Å². The molecule has 0 saturated carbocycles. The van der Waals surface area contributed by atoms with Crippen LogP contribution in [0.15, 0.2) is 78.0 Å². The molecule has 0 aliphatic rings. The van der Waals surface area contributed by atoms with Crippen molar-refractivity contribution in [1.82, 2.24) is 14.8 Å². The summed E-state index contributed by atoms with van der Waals surface area (Å²) < 4.78 is 12.4. The Labute approximate surface area is 213 Å². The fourth-order valence-electron chi connectivity index (χ4n) is 3.53. The van der Waals surface area contributed by atoms with Crippen LogP contribution < -0.4 is 10.1 Å². The number of carbonyl (C=O) groups excluding carboxylic acids is 2. The molecule has 0 fully saturated rings. The second-order valence-electron chi connectivity index (χ2n) is 7.81. The van der Waals surface area contributed by atoms with Gasteiger partial charge >= 0.3 is 5.97 Å². The molecular weight excluding hydrogens is 476 g/mol. The highest BCUT2D eigenvalue weighted by molar-refractivity contribution is 7.99. The van der Waals surface area contributed by atoms with Crippen molar-refractivity contribution >= 4 is 29.3 Å². The second-order valence-corrected chi connectivity index (χ2v) is 8.75. The molecule has 0 spiro atoms. The number of anilines is 1. The van der Waals surface area contributed by atoms with Crippen LogP contribution in [0.25, 0.3) is 17.1 Å². The van der Waals surface area contributed by atoms with Gasteiger partial charge in [0.05, 0.1) is 30.7 Å². The number of benzene rings is 3. The molecule has 0 saturated heterocycles. The summed E-state index contributed by atoms with van der Waals surface area (Å²) in [6.45, 7) is 4.01. The van der Waals surface area contributed by atoms with Gasteiger partial charge < -0.3 is 14.8 Å². The molecule has 4 aromatic rings. The number of amides is 1. The third-order valence-electron chi connectivity index (χ3n) is 5.28. The molecule has 1 heterocycles. The Morgan fingerprint density at radius 1 is 1.00 bits per heavy atom. The fourth-order valence-corrected chi connectivity index (χ4v) is 4.29. The van der Waals surface area contributed by atoms with E-state index in [0.29, 0.717) is 28.0 Å². The number of hydrogen-bond donors (Lipinski definition) is 1. The molecule has 4 rings (SSSR count). The lowest BCUT2D eigenvalue weighted by Gasteiger charge is -2.12. The van der Waals surface area contributed by atoms with Crippen molar-refractivity contribution in [2.24, 2.45) is 0 Å².